The first kappa shape index (κ1) is 56.0. The lowest BCUT2D eigenvalue weighted by Gasteiger charge is -2.51. The second-order valence-electron chi connectivity index (χ2n) is 20.6. The van der Waals surface area contributed by atoms with Crippen molar-refractivity contribution in [2.24, 2.45) is 47.3 Å². The normalized spacial score (nSPS) is 35.6. The van der Waals surface area contributed by atoms with Crippen LogP contribution in [0.4, 0.5) is 0 Å². The van der Waals surface area contributed by atoms with Gasteiger partial charge in [0.05, 0.1) is 50.1 Å². The van der Waals surface area contributed by atoms with Crippen LogP contribution >= 0.6 is 46.4 Å². The van der Waals surface area contributed by atoms with Crippen LogP contribution in [0.15, 0.2) is 0 Å². The van der Waals surface area contributed by atoms with E-state index in [1.165, 1.54) is 0 Å². The molecule has 2 amide bonds. The predicted octanol–water partition coefficient (Wildman–Crippen LogP) is 4.61. The Morgan fingerprint density at radius 1 is 0.493 bits per heavy atom. The molecule has 4 N–H and O–H groups in total. The molecule has 2 aliphatic heterocycles. The van der Waals surface area contributed by atoms with Crippen molar-refractivity contribution >= 4 is 78.3 Å². The Kier molecular flexibility index (Phi) is 22.7. The minimum atomic E-state index is -3.51. The molecule has 6 rings (SSSR count). The number of carbonyl (C=O) groups is 2. The van der Waals surface area contributed by atoms with E-state index in [0.717, 1.165) is 77.5 Å². The topological polar surface area (TPSA) is 185 Å². The van der Waals surface area contributed by atoms with Crippen LogP contribution in [-0.4, -0.2) is 177 Å². The summed E-state index contributed by atoms with van der Waals surface area (Å²) in [5.41, 5.74) is 0. The Hall–Kier alpha value is -0.280. The van der Waals surface area contributed by atoms with E-state index in [2.05, 4.69) is 44.0 Å². The number of alkyl halides is 4. The van der Waals surface area contributed by atoms with Gasteiger partial charge < -0.3 is 34.6 Å². The zero-order valence-electron chi connectivity index (χ0n) is 39.8. The van der Waals surface area contributed by atoms with Crippen molar-refractivity contribution in [2.45, 2.75) is 122 Å². The maximum absolute atomic E-state index is 13.3. The van der Waals surface area contributed by atoms with Crippen LogP contribution in [0.1, 0.15) is 89.9 Å². The Balaban J connectivity index is 0.737. The minimum Gasteiger partial charge on any atom is -0.380 e. The van der Waals surface area contributed by atoms with Crippen molar-refractivity contribution in [2.75, 3.05) is 106 Å². The van der Waals surface area contributed by atoms with E-state index in [1.54, 1.807) is 0 Å². The predicted molar refractivity (Wildman–Crippen MR) is 266 cm³/mol. The molecule has 21 heteroatoms. The fourth-order valence-corrected chi connectivity index (χ4v) is 17.7. The zero-order valence-corrected chi connectivity index (χ0v) is 44.4. The number of carbonyl (C=O) groups excluding carboxylic acids is 2. The van der Waals surface area contributed by atoms with Crippen molar-refractivity contribution in [3.63, 3.8) is 0 Å². The number of hydrogen-bond donors (Lipinski definition) is 4. The molecule has 2 heterocycles. The summed E-state index contributed by atoms with van der Waals surface area (Å²) >= 11 is 26.9. The fourth-order valence-electron chi connectivity index (χ4n) is 12.6. The molecule has 0 aromatic heterocycles. The van der Waals surface area contributed by atoms with Gasteiger partial charge in [-0.25, -0.2) is 26.3 Å². The van der Waals surface area contributed by atoms with Crippen molar-refractivity contribution in [1.29, 1.82) is 0 Å². The monoisotopic (exact) mass is 1060 g/mol. The van der Waals surface area contributed by atoms with Crippen LogP contribution in [0, 0.1) is 47.3 Å². The van der Waals surface area contributed by atoms with Crippen LogP contribution < -0.4 is 20.1 Å². The van der Waals surface area contributed by atoms with Crippen molar-refractivity contribution in [1.82, 2.24) is 29.9 Å². The highest BCUT2D eigenvalue weighted by Gasteiger charge is 2.49. The summed E-state index contributed by atoms with van der Waals surface area (Å²) < 4.78 is 75.5. The van der Waals surface area contributed by atoms with Crippen molar-refractivity contribution < 1.29 is 40.6 Å². The quantitative estimate of drug-likeness (QED) is 0.0783. The molecule has 6 aliphatic rings. The highest BCUT2D eigenvalue weighted by molar-refractivity contribution is 7.90. The van der Waals surface area contributed by atoms with Gasteiger partial charge in [-0.05, 0) is 113 Å². The number of hydrogen-bond acceptors (Lipinski definition) is 11. The summed E-state index contributed by atoms with van der Waals surface area (Å²) in [5, 5.41) is 4.97. The van der Waals surface area contributed by atoms with E-state index < -0.39 is 30.5 Å². The lowest BCUT2D eigenvalue weighted by Crippen LogP contribution is -2.54. The summed E-state index contributed by atoms with van der Waals surface area (Å²) in [5.74, 6) is 2.71. The summed E-state index contributed by atoms with van der Waals surface area (Å²) in [6, 6.07) is 0. The average molecular weight is 1070 g/mol. The van der Waals surface area contributed by atoms with Gasteiger partial charge in [-0.3, -0.25) is 9.59 Å². The van der Waals surface area contributed by atoms with E-state index >= 15 is 0 Å². The van der Waals surface area contributed by atoms with Gasteiger partial charge in [0, 0.05) is 86.7 Å². The van der Waals surface area contributed by atoms with Crippen LogP contribution in [0.3, 0.4) is 0 Å². The van der Waals surface area contributed by atoms with Crippen molar-refractivity contribution in [3.05, 3.63) is 0 Å². The number of amides is 2. The third-order valence-corrected chi connectivity index (χ3v) is 21.4. The van der Waals surface area contributed by atoms with Gasteiger partial charge >= 0.3 is 0 Å². The first-order valence-corrected chi connectivity index (χ1v) is 30.0. The first-order chi connectivity index (χ1) is 32.0. The number of rotatable bonds is 24. The molecule has 15 nitrogen and oxygen atoms in total. The molecule has 67 heavy (non-hydrogen) atoms. The fraction of sp³-hybridized carbons (Fsp3) is 0.957. The highest BCUT2D eigenvalue weighted by Crippen LogP contribution is 2.50. The number of ether oxygens (including phenoxy) is 3. The lowest BCUT2D eigenvalue weighted by molar-refractivity contribution is -0.123. The second kappa shape index (κ2) is 27.1. The molecule has 14 atom stereocenters. The lowest BCUT2D eigenvalue weighted by atomic mass is 9.63. The largest absolute Gasteiger partial charge is 0.380 e. The molecule has 0 aromatic carbocycles. The van der Waals surface area contributed by atoms with E-state index in [9.17, 15) is 26.4 Å². The molecule has 0 radical (unpaired) electrons. The standard InChI is InChI=1S/C46H80Cl4N6O9S2/c1-55-27-39(37-23-33(47)25-43(49)41(37)29-55)31-5-3-7-35(21-31)66(59,60)53-13-19-64-17-11-51-45(57)9-15-63-16-10-46(58)52-12-18-65-20-14-54-67(61,62)36-8-4-6-32(22-36)40-28-56(2)30-42-38(40)24-34(48)26-44(42)50/h31-44,53-54H,3-30H2,1-2H3,(H,51,57)(H,52,58). The molecule has 0 bridgehead atoms. The van der Waals surface area contributed by atoms with Gasteiger partial charge in [0.25, 0.3) is 0 Å². The van der Waals surface area contributed by atoms with Crippen LogP contribution in [0.25, 0.3) is 0 Å². The third-order valence-electron chi connectivity index (χ3n) is 15.8. The Bertz CT molecular complexity index is 1660. The minimum absolute atomic E-state index is 0.0662. The molecule has 4 saturated carbocycles. The van der Waals surface area contributed by atoms with Gasteiger partial charge in [-0.2, -0.15) is 0 Å². The summed E-state index contributed by atoms with van der Waals surface area (Å²) in [7, 11) is -2.72. The van der Waals surface area contributed by atoms with Crippen molar-refractivity contribution in [3.8, 4) is 0 Å². The molecule has 0 spiro atoms. The number of likely N-dealkylation sites (tertiary alicyclic amines) is 2. The number of nitrogens with zero attached hydrogens (tertiary/aromatic N) is 2. The van der Waals surface area contributed by atoms with Crippen LogP contribution in [-0.2, 0) is 43.8 Å². The maximum Gasteiger partial charge on any atom is 0.222 e. The molecule has 0 aromatic rings. The van der Waals surface area contributed by atoms with Crippen LogP contribution in [0.2, 0.25) is 0 Å². The highest BCUT2D eigenvalue weighted by atomic mass is 35.5. The van der Waals surface area contributed by atoms with Gasteiger partial charge in [-0.1, -0.05) is 25.7 Å². The van der Waals surface area contributed by atoms with Crippen LogP contribution in [0.5, 0.6) is 0 Å². The SMILES string of the molecule is CN1CC2C(Cl)CC(Cl)CC2C(C2CCCC(S(=O)(=O)NCCOCCNC(=O)CCOCCC(=O)NCCOCCNS(=O)(=O)C3CCCC(C4CN(C)CC5C(Cl)CC(Cl)CC54)C3)C2)C1. The smallest absolute Gasteiger partial charge is 0.222 e. The molecule has 2 saturated heterocycles. The molecule has 6 fully saturated rings. The Labute approximate surface area is 421 Å². The number of piperidine rings is 2. The van der Waals surface area contributed by atoms with E-state index in [0.29, 0.717) is 73.0 Å². The molecule has 4 aliphatic carbocycles. The molecule has 14 unspecified atom stereocenters. The average Bonchev–Trinajstić information content (AvgIpc) is 3.28. The number of sulfonamides is 2. The van der Waals surface area contributed by atoms with Gasteiger partial charge in [0.1, 0.15) is 0 Å². The number of fused-ring (bicyclic) bond motifs is 2. The zero-order chi connectivity index (χ0) is 48.1. The molecule has 388 valence electrons. The molecular formula is C46H80Cl4N6O9S2. The first-order valence-electron chi connectivity index (χ1n) is 25.2. The van der Waals surface area contributed by atoms with E-state index in [4.69, 9.17) is 60.6 Å². The second-order valence-corrected chi connectivity index (χ2v) is 27.1. The molecular weight excluding hydrogens is 986 g/mol. The Morgan fingerprint density at radius 2 is 0.866 bits per heavy atom. The maximum atomic E-state index is 13.3. The van der Waals surface area contributed by atoms with E-state index in [1.807, 2.05) is 0 Å². The summed E-state index contributed by atoms with van der Waals surface area (Å²) in [6.45, 7) is 5.97. The Morgan fingerprint density at radius 3 is 1.28 bits per heavy atom. The number of halogens is 4. The van der Waals surface area contributed by atoms with Gasteiger partial charge in [0.2, 0.25) is 31.9 Å². The summed E-state index contributed by atoms with van der Waals surface area (Å²) in [4.78, 5) is 29.2. The number of nitrogens with one attached hydrogen (secondary N) is 4. The summed E-state index contributed by atoms with van der Waals surface area (Å²) in [6.07, 6.45) is 10.3. The van der Waals surface area contributed by atoms with E-state index in [-0.39, 0.29) is 112 Å². The van der Waals surface area contributed by atoms with Gasteiger partial charge in [-0.15, -0.1) is 46.4 Å². The van der Waals surface area contributed by atoms with Gasteiger partial charge in [0.15, 0.2) is 0 Å². The third kappa shape index (κ3) is 16.9.